The average Bonchev–Trinajstić information content (AvgIpc) is 2.98. The van der Waals surface area contributed by atoms with Crippen LogP contribution in [-0.4, -0.2) is 31.3 Å². The minimum atomic E-state index is -0.533. The Labute approximate surface area is 240 Å². The molecule has 8 nitrogen and oxygen atoms in total. The number of benzene rings is 4. The molecule has 1 N–H and O–H groups in total. The molecule has 0 atom stereocenters. The molecule has 0 aliphatic carbocycles. The SMILES string of the molecule is CCOc1ccc(C(=O)Oc2ccc(Br)cc2/C=N/NC(=O)COc2ccc(OCc3ccccc3)cc2)cc1. The molecule has 40 heavy (non-hydrogen) atoms. The molecule has 0 unspecified atom stereocenters. The third kappa shape index (κ3) is 8.71. The van der Waals surface area contributed by atoms with Crippen LogP contribution in [0.15, 0.2) is 107 Å². The molecule has 0 aliphatic rings. The van der Waals surface area contributed by atoms with Gasteiger partial charge in [-0.2, -0.15) is 5.10 Å². The van der Waals surface area contributed by atoms with E-state index >= 15 is 0 Å². The fourth-order valence-electron chi connectivity index (χ4n) is 3.45. The van der Waals surface area contributed by atoms with Gasteiger partial charge in [-0.1, -0.05) is 46.3 Å². The van der Waals surface area contributed by atoms with Gasteiger partial charge in [-0.3, -0.25) is 4.79 Å². The van der Waals surface area contributed by atoms with Crippen LogP contribution in [0.3, 0.4) is 0 Å². The summed E-state index contributed by atoms with van der Waals surface area (Å²) in [6, 6.07) is 28.6. The first kappa shape index (κ1) is 28.4. The molecule has 1 amide bonds. The van der Waals surface area contributed by atoms with E-state index in [1.807, 2.05) is 37.3 Å². The zero-order valence-corrected chi connectivity index (χ0v) is 23.3. The molecule has 0 saturated carbocycles. The summed E-state index contributed by atoms with van der Waals surface area (Å²) >= 11 is 3.40. The lowest BCUT2D eigenvalue weighted by atomic mass is 10.2. The number of nitrogens with zero attached hydrogens (tertiary/aromatic N) is 1. The van der Waals surface area contributed by atoms with Crippen molar-refractivity contribution in [2.24, 2.45) is 5.10 Å². The minimum Gasteiger partial charge on any atom is -0.494 e. The lowest BCUT2D eigenvalue weighted by molar-refractivity contribution is -0.123. The van der Waals surface area contributed by atoms with Crippen LogP contribution in [0.5, 0.6) is 23.0 Å². The van der Waals surface area contributed by atoms with Gasteiger partial charge in [-0.05, 0) is 79.2 Å². The van der Waals surface area contributed by atoms with Gasteiger partial charge in [0.25, 0.3) is 5.91 Å². The maximum Gasteiger partial charge on any atom is 0.343 e. The van der Waals surface area contributed by atoms with Crippen LogP contribution in [0, 0.1) is 0 Å². The molecule has 0 fully saturated rings. The average molecular weight is 603 g/mol. The van der Waals surface area contributed by atoms with Gasteiger partial charge in [0.05, 0.1) is 18.4 Å². The molecule has 9 heteroatoms. The van der Waals surface area contributed by atoms with Crippen LogP contribution in [0.4, 0.5) is 0 Å². The van der Waals surface area contributed by atoms with Crippen molar-refractivity contribution in [1.82, 2.24) is 5.43 Å². The number of carbonyl (C=O) groups is 2. The van der Waals surface area contributed by atoms with Crippen molar-refractivity contribution in [1.29, 1.82) is 0 Å². The molecule has 0 bridgehead atoms. The zero-order valence-electron chi connectivity index (χ0n) is 21.7. The van der Waals surface area contributed by atoms with E-state index in [9.17, 15) is 9.59 Å². The predicted molar refractivity (Wildman–Crippen MR) is 155 cm³/mol. The van der Waals surface area contributed by atoms with Crippen LogP contribution in [0.2, 0.25) is 0 Å². The molecule has 0 radical (unpaired) electrons. The maximum absolute atomic E-state index is 12.6. The highest BCUT2D eigenvalue weighted by Gasteiger charge is 2.12. The van der Waals surface area contributed by atoms with Gasteiger partial charge in [-0.25, -0.2) is 10.2 Å². The second-order valence-electron chi connectivity index (χ2n) is 8.36. The topological polar surface area (TPSA) is 95.5 Å². The summed E-state index contributed by atoms with van der Waals surface area (Å²) in [4.78, 5) is 24.9. The Morgan fingerprint density at radius 1 is 0.825 bits per heavy atom. The van der Waals surface area contributed by atoms with Gasteiger partial charge in [-0.15, -0.1) is 0 Å². The first-order valence-electron chi connectivity index (χ1n) is 12.5. The van der Waals surface area contributed by atoms with E-state index in [2.05, 4.69) is 26.5 Å². The smallest absolute Gasteiger partial charge is 0.343 e. The third-order valence-electron chi connectivity index (χ3n) is 5.41. The van der Waals surface area contributed by atoms with Gasteiger partial charge in [0.2, 0.25) is 0 Å². The lowest BCUT2D eigenvalue weighted by Crippen LogP contribution is -2.24. The van der Waals surface area contributed by atoms with E-state index in [-0.39, 0.29) is 12.4 Å². The fraction of sp³-hybridized carbons (Fsp3) is 0.129. The number of halogens is 1. The largest absolute Gasteiger partial charge is 0.494 e. The lowest BCUT2D eigenvalue weighted by Gasteiger charge is -2.09. The number of esters is 1. The van der Waals surface area contributed by atoms with Crippen LogP contribution in [0.1, 0.15) is 28.4 Å². The van der Waals surface area contributed by atoms with E-state index in [1.165, 1.54) is 6.21 Å². The molecule has 0 aliphatic heterocycles. The molecule has 4 aromatic carbocycles. The van der Waals surface area contributed by atoms with Crippen molar-refractivity contribution < 1.29 is 28.5 Å². The van der Waals surface area contributed by atoms with Crippen LogP contribution >= 0.6 is 15.9 Å². The number of ether oxygens (including phenoxy) is 4. The number of rotatable bonds is 12. The Kier molecular flexibility index (Phi) is 10.3. The summed E-state index contributed by atoms with van der Waals surface area (Å²) in [6.45, 7) is 2.64. The predicted octanol–water partition coefficient (Wildman–Crippen LogP) is 6.18. The number of carbonyl (C=O) groups excluding carboxylic acids is 2. The van der Waals surface area contributed by atoms with Gasteiger partial charge >= 0.3 is 5.97 Å². The highest BCUT2D eigenvalue weighted by molar-refractivity contribution is 9.10. The van der Waals surface area contributed by atoms with Crippen LogP contribution < -0.4 is 24.4 Å². The minimum absolute atomic E-state index is 0.236. The van der Waals surface area contributed by atoms with Gasteiger partial charge in [0, 0.05) is 10.0 Å². The molecule has 0 spiro atoms. The van der Waals surface area contributed by atoms with E-state index in [0.29, 0.717) is 41.6 Å². The van der Waals surface area contributed by atoms with E-state index < -0.39 is 11.9 Å². The molecule has 4 aromatic rings. The van der Waals surface area contributed by atoms with Crippen LogP contribution in [0.25, 0.3) is 0 Å². The fourth-order valence-corrected chi connectivity index (χ4v) is 3.83. The Morgan fingerprint density at radius 2 is 1.48 bits per heavy atom. The second kappa shape index (κ2) is 14.5. The maximum atomic E-state index is 12.6. The Bertz CT molecular complexity index is 1440. The molecule has 204 valence electrons. The number of hydrogen-bond donors (Lipinski definition) is 1. The van der Waals surface area contributed by atoms with E-state index in [4.69, 9.17) is 18.9 Å². The van der Waals surface area contributed by atoms with E-state index in [1.54, 1.807) is 66.7 Å². The molecular formula is C31H27BrN2O6. The Morgan fingerprint density at radius 3 is 2.17 bits per heavy atom. The highest BCUT2D eigenvalue weighted by Crippen LogP contribution is 2.23. The number of hydrogen-bond acceptors (Lipinski definition) is 7. The van der Waals surface area contributed by atoms with Gasteiger partial charge in [0.1, 0.15) is 29.6 Å². The number of nitrogens with one attached hydrogen (secondary N) is 1. The number of amides is 1. The summed E-state index contributed by atoms with van der Waals surface area (Å²) in [5, 5.41) is 3.98. The first-order valence-corrected chi connectivity index (χ1v) is 13.3. The quantitative estimate of drug-likeness (QED) is 0.0901. The van der Waals surface area contributed by atoms with Gasteiger partial charge in [0.15, 0.2) is 6.61 Å². The van der Waals surface area contributed by atoms with Gasteiger partial charge < -0.3 is 18.9 Å². The monoisotopic (exact) mass is 602 g/mol. The Hall–Kier alpha value is -4.63. The Balaban J connectivity index is 1.27. The van der Waals surface area contributed by atoms with Crippen LogP contribution in [-0.2, 0) is 11.4 Å². The molecule has 0 heterocycles. The summed E-state index contributed by atoms with van der Waals surface area (Å²) in [5.41, 5.74) is 4.34. The number of hydrazone groups is 1. The first-order chi connectivity index (χ1) is 19.5. The van der Waals surface area contributed by atoms with E-state index in [0.717, 1.165) is 10.0 Å². The summed E-state index contributed by atoms with van der Waals surface area (Å²) < 4.78 is 23.0. The van der Waals surface area contributed by atoms with Crippen molar-refractivity contribution in [2.75, 3.05) is 13.2 Å². The summed E-state index contributed by atoms with van der Waals surface area (Å²) in [6.07, 6.45) is 1.39. The van der Waals surface area contributed by atoms with Crippen molar-refractivity contribution in [3.8, 4) is 23.0 Å². The molecule has 4 rings (SSSR count). The molecule has 0 aromatic heterocycles. The van der Waals surface area contributed by atoms with Crippen molar-refractivity contribution in [3.63, 3.8) is 0 Å². The summed E-state index contributed by atoms with van der Waals surface area (Å²) in [7, 11) is 0. The summed E-state index contributed by atoms with van der Waals surface area (Å²) in [5.74, 6) is 1.17. The highest BCUT2D eigenvalue weighted by atomic mass is 79.9. The third-order valence-corrected chi connectivity index (χ3v) is 5.90. The van der Waals surface area contributed by atoms with Crippen molar-refractivity contribution >= 4 is 34.0 Å². The molecule has 0 saturated heterocycles. The standard InChI is InChI=1S/C31H27BrN2O6/c1-2-37-26-11-8-23(9-12-26)31(36)40-29-17-10-25(32)18-24(29)19-33-34-30(35)21-39-28-15-13-27(14-16-28)38-20-22-6-4-3-5-7-22/h3-19H,2,20-21H2,1H3,(H,34,35)/b33-19+. The second-order valence-corrected chi connectivity index (χ2v) is 9.27. The zero-order chi connectivity index (χ0) is 28.2. The molecular weight excluding hydrogens is 576 g/mol. The normalized spacial score (nSPS) is 10.7. The van der Waals surface area contributed by atoms with Crippen molar-refractivity contribution in [3.05, 3.63) is 118 Å². The van der Waals surface area contributed by atoms with Crippen molar-refractivity contribution in [2.45, 2.75) is 13.5 Å².